The second-order valence-corrected chi connectivity index (χ2v) is 9.38. The molecule has 166 valence electrons. The minimum absolute atomic E-state index is 0.0942. The van der Waals surface area contributed by atoms with Crippen LogP contribution in [-0.4, -0.2) is 29.9 Å². The summed E-state index contributed by atoms with van der Waals surface area (Å²) in [5, 5.41) is 0. The predicted molar refractivity (Wildman–Crippen MR) is 120 cm³/mol. The molecule has 5 heteroatoms. The molecule has 0 N–H and O–H groups in total. The normalized spacial score (nSPS) is 26.6. The summed E-state index contributed by atoms with van der Waals surface area (Å²) in [6.07, 6.45) is 8.88. The van der Waals surface area contributed by atoms with Gasteiger partial charge in [0, 0.05) is 18.5 Å². The molecule has 0 radical (unpaired) electrons. The molecule has 3 unspecified atom stereocenters. The molecule has 5 nitrogen and oxygen atoms in total. The van der Waals surface area contributed by atoms with Crippen molar-refractivity contribution in [1.29, 1.82) is 0 Å². The maximum atomic E-state index is 13.7. The summed E-state index contributed by atoms with van der Waals surface area (Å²) in [6.45, 7) is 7.23. The van der Waals surface area contributed by atoms with Gasteiger partial charge in [0.1, 0.15) is 12.4 Å². The monoisotopic (exact) mass is 423 g/mol. The molecular weight excluding hydrogens is 390 g/mol. The Kier molecular flexibility index (Phi) is 6.49. The van der Waals surface area contributed by atoms with Crippen LogP contribution in [0, 0.1) is 31.6 Å². The van der Waals surface area contributed by atoms with Crippen molar-refractivity contribution in [3.05, 3.63) is 53.1 Å². The van der Waals surface area contributed by atoms with Crippen LogP contribution in [0.1, 0.15) is 62.1 Å². The second-order valence-electron chi connectivity index (χ2n) is 9.38. The van der Waals surface area contributed by atoms with Crippen LogP contribution in [0.2, 0.25) is 0 Å². The van der Waals surface area contributed by atoms with Crippen LogP contribution in [0.4, 0.5) is 4.79 Å². The number of amides is 1. The van der Waals surface area contributed by atoms with E-state index in [4.69, 9.17) is 9.47 Å². The molecule has 2 aliphatic carbocycles. The lowest BCUT2D eigenvalue weighted by Crippen LogP contribution is -2.31. The Morgan fingerprint density at radius 1 is 1.16 bits per heavy atom. The average molecular weight is 424 g/mol. The zero-order valence-corrected chi connectivity index (χ0v) is 18.9. The van der Waals surface area contributed by atoms with Gasteiger partial charge in [-0.25, -0.2) is 4.79 Å². The number of hydrogen-bond acceptors (Lipinski definition) is 4. The Balaban J connectivity index is 1.65. The summed E-state index contributed by atoms with van der Waals surface area (Å²) in [5.41, 5.74) is 3.63. The maximum Gasteiger partial charge on any atom is 0.419 e. The van der Waals surface area contributed by atoms with E-state index in [-0.39, 0.29) is 11.7 Å². The van der Waals surface area contributed by atoms with Crippen LogP contribution in [0.5, 0.6) is 0 Å². The largest absolute Gasteiger partial charge is 0.498 e. The molecule has 1 amide bonds. The number of rotatable bonds is 3. The summed E-state index contributed by atoms with van der Waals surface area (Å²) < 4.78 is 11.1. The topological polar surface area (TPSA) is 55.8 Å². The number of benzene rings is 1. The Bertz CT molecular complexity index is 916. The standard InChI is InChI=1S/C26H33NO4/c1-17-5-4-6-20(10-8-17)22-16-23(31-26(29)27-11-13-30-14-12-27)24(25(22)28)21-15-18(2)7-9-19(21)3/h7,9,11,13,15,17,20,22H,4-6,8,10,12,14,16H2,1-3H3. The number of nitrogens with zero attached hydrogens (tertiary/aromatic N) is 1. The highest BCUT2D eigenvalue weighted by Crippen LogP contribution is 2.44. The van der Waals surface area contributed by atoms with E-state index in [1.807, 2.05) is 32.0 Å². The maximum absolute atomic E-state index is 13.7. The Hall–Kier alpha value is -2.56. The predicted octanol–water partition coefficient (Wildman–Crippen LogP) is 5.76. The number of ether oxygens (including phenoxy) is 2. The first-order valence-electron chi connectivity index (χ1n) is 11.6. The highest BCUT2D eigenvalue weighted by Gasteiger charge is 2.41. The van der Waals surface area contributed by atoms with E-state index in [9.17, 15) is 9.59 Å². The summed E-state index contributed by atoms with van der Waals surface area (Å²) in [6, 6.07) is 6.13. The molecule has 1 aromatic carbocycles. The van der Waals surface area contributed by atoms with Crippen molar-refractivity contribution in [3.8, 4) is 0 Å². The third-order valence-corrected chi connectivity index (χ3v) is 7.03. The van der Waals surface area contributed by atoms with Crippen LogP contribution in [0.3, 0.4) is 0 Å². The molecule has 1 aromatic rings. The summed E-state index contributed by atoms with van der Waals surface area (Å²) >= 11 is 0. The molecule has 31 heavy (non-hydrogen) atoms. The molecule has 0 spiro atoms. The van der Waals surface area contributed by atoms with Gasteiger partial charge in [-0.05, 0) is 49.7 Å². The lowest BCUT2D eigenvalue weighted by molar-refractivity contribution is -0.118. The van der Waals surface area contributed by atoms with Crippen molar-refractivity contribution in [1.82, 2.24) is 4.90 Å². The van der Waals surface area contributed by atoms with Crippen LogP contribution < -0.4 is 0 Å². The minimum Gasteiger partial charge on any atom is -0.498 e. The van der Waals surface area contributed by atoms with E-state index in [1.165, 1.54) is 30.4 Å². The van der Waals surface area contributed by atoms with Gasteiger partial charge in [0.05, 0.1) is 18.4 Å². The van der Waals surface area contributed by atoms with E-state index in [0.29, 0.717) is 36.8 Å². The summed E-state index contributed by atoms with van der Waals surface area (Å²) in [5.74, 6) is 1.66. The van der Waals surface area contributed by atoms with E-state index in [2.05, 4.69) is 6.92 Å². The second kappa shape index (κ2) is 9.29. The van der Waals surface area contributed by atoms with E-state index in [1.54, 1.807) is 6.20 Å². The van der Waals surface area contributed by atoms with Crippen LogP contribution >= 0.6 is 0 Å². The molecule has 1 heterocycles. The van der Waals surface area contributed by atoms with Crippen LogP contribution in [0.15, 0.2) is 36.4 Å². The molecular formula is C26H33NO4. The van der Waals surface area contributed by atoms with Gasteiger partial charge in [-0.15, -0.1) is 0 Å². The third kappa shape index (κ3) is 4.70. The highest BCUT2D eigenvalue weighted by atomic mass is 16.6. The Labute approximate surface area is 185 Å². The molecule has 0 bridgehead atoms. The molecule has 1 saturated carbocycles. The van der Waals surface area contributed by atoms with Gasteiger partial charge in [0.25, 0.3) is 0 Å². The third-order valence-electron chi connectivity index (χ3n) is 7.03. The Morgan fingerprint density at radius 2 is 2.00 bits per heavy atom. The van der Waals surface area contributed by atoms with Gasteiger partial charge < -0.3 is 9.47 Å². The first-order valence-corrected chi connectivity index (χ1v) is 11.6. The fraction of sp³-hybridized carbons (Fsp3) is 0.538. The molecule has 4 rings (SSSR count). The van der Waals surface area contributed by atoms with Gasteiger partial charge in [-0.3, -0.25) is 9.69 Å². The molecule has 1 fully saturated rings. The average Bonchev–Trinajstić information content (AvgIpc) is 2.92. The number of allylic oxidation sites excluding steroid dienone is 2. The number of carbonyl (C=O) groups is 2. The first kappa shape index (κ1) is 21.7. The number of aryl methyl sites for hydroxylation is 2. The van der Waals surface area contributed by atoms with Crippen LogP contribution in [-0.2, 0) is 14.3 Å². The molecule has 0 saturated heterocycles. The minimum atomic E-state index is -0.444. The zero-order chi connectivity index (χ0) is 22.0. The van der Waals surface area contributed by atoms with Crippen molar-refractivity contribution in [2.75, 3.05) is 13.2 Å². The van der Waals surface area contributed by atoms with Gasteiger partial charge in [-0.1, -0.05) is 49.9 Å². The van der Waals surface area contributed by atoms with Gasteiger partial charge in [0.15, 0.2) is 5.78 Å². The van der Waals surface area contributed by atoms with Crippen molar-refractivity contribution in [2.45, 2.75) is 59.3 Å². The van der Waals surface area contributed by atoms with Crippen molar-refractivity contribution < 1.29 is 19.1 Å². The lowest BCUT2D eigenvalue weighted by Gasteiger charge is -2.22. The quantitative estimate of drug-likeness (QED) is 0.580. The first-order chi connectivity index (χ1) is 14.9. The SMILES string of the molecule is Cc1ccc(C)c(C2=C(OC(=O)N3C=COCC3)CC(C3CCCC(C)CC3)C2=O)c1. The molecule has 1 aliphatic heterocycles. The van der Waals surface area contributed by atoms with Gasteiger partial charge in [-0.2, -0.15) is 0 Å². The van der Waals surface area contributed by atoms with Crippen molar-refractivity contribution in [2.24, 2.45) is 17.8 Å². The highest BCUT2D eigenvalue weighted by molar-refractivity contribution is 6.25. The van der Waals surface area contributed by atoms with Crippen LogP contribution in [0.25, 0.3) is 5.57 Å². The summed E-state index contributed by atoms with van der Waals surface area (Å²) in [4.78, 5) is 28.1. The van der Waals surface area contributed by atoms with E-state index < -0.39 is 6.09 Å². The number of hydrogen-bond donors (Lipinski definition) is 0. The lowest BCUT2D eigenvalue weighted by atomic mass is 9.82. The zero-order valence-electron chi connectivity index (χ0n) is 18.9. The van der Waals surface area contributed by atoms with E-state index >= 15 is 0 Å². The number of carbonyl (C=O) groups excluding carboxylic acids is 2. The molecule has 3 aliphatic rings. The van der Waals surface area contributed by atoms with Crippen molar-refractivity contribution >= 4 is 17.4 Å². The smallest absolute Gasteiger partial charge is 0.419 e. The Morgan fingerprint density at radius 3 is 2.77 bits per heavy atom. The fourth-order valence-electron chi connectivity index (χ4n) is 5.12. The van der Waals surface area contributed by atoms with Gasteiger partial charge >= 0.3 is 6.09 Å². The molecule has 3 atom stereocenters. The summed E-state index contributed by atoms with van der Waals surface area (Å²) in [7, 11) is 0. The van der Waals surface area contributed by atoms with Crippen molar-refractivity contribution in [3.63, 3.8) is 0 Å². The number of ketones is 1. The molecule has 0 aromatic heterocycles. The van der Waals surface area contributed by atoms with Gasteiger partial charge in [0.2, 0.25) is 0 Å². The number of Topliss-reactive ketones (excluding diaryl/α,β-unsaturated/α-hetero) is 1. The van der Waals surface area contributed by atoms with E-state index in [0.717, 1.165) is 35.4 Å². The fourth-order valence-corrected chi connectivity index (χ4v) is 5.12.